The highest BCUT2D eigenvalue weighted by atomic mass is 16.4. The number of rotatable bonds is 2. The van der Waals surface area contributed by atoms with E-state index in [2.05, 4.69) is 20.4 Å². The van der Waals surface area contributed by atoms with Crippen molar-refractivity contribution in [3.63, 3.8) is 0 Å². The summed E-state index contributed by atoms with van der Waals surface area (Å²) in [5.41, 5.74) is 3.77. The van der Waals surface area contributed by atoms with Crippen molar-refractivity contribution >= 4 is 5.97 Å². The van der Waals surface area contributed by atoms with Gasteiger partial charge in [0.2, 0.25) is 0 Å². The predicted octanol–water partition coefficient (Wildman–Crippen LogP) is 0.987. The third-order valence-electron chi connectivity index (χ3n) is 2.86. The molecular formula is C10H10N4O2. The van der Waals surface area contributed by atoms with Crippen LogP contribution in [0.3, 0.4) is 0 Å². The maximum Gasteiger partial charge on any atom is 0.353 e. The van der Waals surface area contributed by atoms with Crippen molar-refractivity contribution < 1.29 is 9.90 Å². The van der Waals surface area contributed by atoms with Gasteiger partial charge in [-0.25, -0.2) is 4.79 Å². The number of aryl methyl sites for hydroxylation is 1. The molecule has 1 aliphatic rings. The second-order valence-electron chi connectivity index (χ2n) is 3.85. The lowest BCUT2D eigenvalue weighted by Gasteiger charge is -1.92. The number of fused-ring (bicyclic) bond motifs is 1. The number of carboxylic acids is 1. The molecule has 0 bridgehead atoms. The number of H-pyrrole nitrogens is 2. The molecule has 16 heavy (non-hydrogen) atoms. The van der Waals surface area contributed by atoms with Gasteiger partial charge in [0.1, 0.15) is 17.1 Å². The van der Waals surface area contributed by atoms with E-state index in [-0.39, 0.29) is 5.69 Å². The first-order valence-corrected chi connectivity index (χ1v) is 5.11. The minimum Gasteiger partial charge on any atom is -0.477 e. The van der Waals surface area contributed by atoms with Crippen molar-refractivity contribution in [3.05, 3.63) is 23.0 Å². The number of hydrogen-bond donors (Lipinski definition) is 3. The van der Waals surface area contributed by atoms with Gasteiger partial charge in [-0.15, -0.1) is 0 Å². The number of aromatic nitrogens is 4. The molecule has 6 nitrogen and oxygen atoms in total. The maximum atomic E-state index is 10.7. The second-order valence-corrected chi connectivity index (χ2v) is 3.85. The lowest BCUT2D eigenvalue weighted by atomic mass is 10.1. The van der Waals surface area contributed by atoms with E-state index < -0.39 is 5.97 Å². The van der Waals surface area contributed by atoms with Gasteiger partial charge in [-0.05, 0) is 19.3 Å². The van der Waals surface area contributed by atoms with Gasteiger partial charge >= 0.3 is 5.97 Å². The van der Waals surface area contributed by atoms with E-state index in [1.54, 1.807) is 0 Å². The van der Waals surface area contributed by atoms with Crippen LogP contribution < -0.4 is 0 Å². The third-order valence-corrected chi connectivity index (χ3v) is 2.86. The van der Waals surface area contributed by atoms with E-state index in [4.69, 9.17) is 5.11 Å². The standard InChI is InChI=1S/C10H10N4O2/c15-10(16)8-4-7(12-13-8)9-5-2-1-3-6(5)11-14-9/h4H,1-3H2,(H,11,14)(H,12,13)(H,15,16). The van der Waals surface area contributed by atoms with E-state index in [9.17, 15) is 4.79 Å². The monoisotopic (exact) mass is 218 g/mol. The fraction of sp³-hybridized carbons (Fsp3) is 0.300. The summed E-state index contributed by atoms with van der Waals surface area (Å²) < 4.78 is 0. The van der Waals surface area contributed by atoms with Crippen molar-refractivity contribution in [2.75, 3.05) is 0 Å². The van der Waals surface area contributed by atoms with Gasteiger partial charge in [0.15, 0.2) is 0 Å². The lowest BCUT2D eigenvalue weighted by molar-refractivity contribution is 0.0690. The zero-order valence-corrected chi connectivity index (χ0v) is 8.45. The van der Waals surface area contributed by atoms with Crippen molar-refractivity contribution in [2.24, 2.45) is 0 Å². The van der Waals surface area contributed by atoms with Crippen LogP contribution in [-0.2, 0) is 12.8 Å². The van der Waals surface area contributed by atoms with Crippen LogP contribution in [0.2, 0.25) is 0 Å². The summed E-state index contributed by atoms with van der Waals surface area (Å²) in [6.45, 7) is 0. The highest BCUT2D eigenvalue weighted by molar-refractivity contribution is 5.86. The van der Waals surface area contributed by atoms with Gasteiger partial charge in [0.25, 0.3) is 0 Å². The fourth-order valence-corrected chi connectivity index (χ4v) is 2.08. The Kier molecular flexibility index (Phi) is 1.82. The largest absolute Gasteiger partial charge is 0.477 e. The Morgan fingerprint density at radius 2 is 2.19 bits per heavy atom. The molecule has 3 N–H and O–H groups in total. The molecule has 2 aromatic heterocycles. The van der Waals surface area contributed by atoms with Gasteiger partial charge in [-0.3, -0.25) is 10.2 Å². The summed E-state index contributed by atoms with van der Waals surface area (Å²) in [4.78, 5) is 10.7. The molecule has 3 rings (SSSR count). The lowest BCUT2D eigenvalue weighted by Crippen LogP contribution is -1.95. The third kappa shape index (κ3) is 1.23. The van der Waals surface area contributed by atoms with E-state index >= 15 is 0 Å². The highest BCUT2D eigenvalue weighted by Crippen LogP contribution is 2.29. The molecule has 0 saturated heterocycles. The summed E-state index contributed by atoms with van der Waals surface area (Å²) in [5.74, 6) is -1.01. The second kappa shape index (κ2) is 3.19. The summed E-state index contributed by atoms with van der Waals surface area (Å²) in [6.07, 6.45) is 3.11. The molecule has 82 valence electrons. The Hall–Kier alpha value is -2.11. The first kappa shape index (κ1) is 9.14. The van der Waals surface area contributed by atoms with Gasteiger partial charge in [-0.1, -0.05) is 0 Å². The molecule has 0 aromatic carbocycles. The molecule has 0 amide bonds. The SMILES string of the molecule is O=C(O)c1cc(-c2n[nH]c3c2CCC3)n[nH]1. The van der Waals surface area contributed by atoms with E-state index in [0.717, 1.165) is 30.7 Å². The Bertz CT molecular complexity index is 555. The van der Waals surface area contributed by atoms with Crippen LogP contribution in [0.4, 0.5) is 0 Å². The van der Waals surface area contributed by atoms with Crippen LogP contribution in [0.25, 0.3) is 11.4 Å². The van der Waals surface area contributed by atoms with Crippen LogP contribution in [-0.4, -0.2) is 31.5 Å². The number of nitrogens with one attached hydrogen (secondary N) is 2. The molecule has 0 unspecified atom stereocenters. The van der Waals surface area contributed by atoms with Gasteiger partial charge in [-0.2, -0.15) is 10.2 Å². The van der Waals surface area contributed by atoms with Gasteiger partial charge in [0.05, 0.1) is 0 Å². The predicted molar refractivity (Wildman–Crippen MR) is 55.2 cm³/mol. The molecule has 0 atom stereocenters. The summed E-state index contributed by atoms with van der Waals surface area (Å²) >= 11 is 0. The Labute approximate surface area is 90.7 Å². The molecular weight excluding hydrogens is 208 g/mol. The van der Waals surface area contributed by atoms with Crippen molar-refractivity contribution in [2.45, 2.75) is 19.3 Å². The number of nitrogens with zero attached hydrogens (tertiary/aromatic N) is 2. The Morgan fingerprint density at radius 1 is 1.31 bits per heavy atom. The zero-order chi connectivity index (χ0) is 11.1. The molecule has 2 aromatic rings. The van der Waals surface area contributed by atoms with Crippen molar-refractivity contribution in [1.82, 2.24) is 20.4 Å². The number of hydrogen-bond acceptors (Lipinski definition) is 3. The van der Waals surface area contributed by atoms with Crippen LogP contribution in [0.5, 0.6) is 0 Å². The summed E-state index contributed by atoms with van der Waals surface area (Å²) in [5, 5.41) is 22.4. The maximum absolute atomic E-state index is 10.7. The molecule has 6 heteroatoms. The number of carbonyl (C=O) groups is 1. The number of aromatic carboxylic acids is 1. The average molecular weight is 218 g/mol. The minimum atomic E-state index is -1.01. The van der Waals surface area contributed by atoms with Crippen molar-refractivity contribution in [3.8, 4) is 11.4 Å². The zero-order valence-electron chi connectivity index (χ0n) is 8.45. The van der Waals surface area contributed by atoms with Crippen LogP contribution in [0, 0.1) is 0 Å². The molecule has 0 aliphatic heterocycles. The molecule has 0 spiro atoms. The molecule has 1 aliphatic carbocycles. The fourth-order valence-electron chi connectivity index (χ4n) is 2.08. The van der Waals surface area contributed by atoms with Crippen LogP contribution in [0.15, 0.2) is 6.07 Å². The van der Waals surface area contributed by atoms with E-state index in [0.29, 0.717) is 5.69 Å². The van der Waals surface area contributed by atoms with E-state index in [1.807, 2.05) is 0 Å². The molecule has 0 fully saturated rings. The topological polar surface area (TPSA) is 94.7 Å². The smallest absolute Gasteiger partial charge is 0.353 e. The summed E-state index contributed by atoms with van der Waals surface area (Å²) in [7, 11) is 0. The number of carboxylic acid groups (broad SMARTS) is 1. The highest BCUT2D eigenvalue weighted by Gasteiger charge is 2.21. The first-order chi connectivity index (χ1) is 7.75. The quantitative estimate of drug-likeness (QED) is 0.700. The van der Waals surface area contributed by atoms with Gasteiger partial charge in [0, 0.05) is 17.3 Å². The molecule has 0 radical (unpaired) electrons. The Morgan fingerprint density at radius 3 is 2.94 bits per heavy atom. The minimum absolute atomic E-state index is 0.0877. The van der Waals surface area contributed by atoms with Crippen LogP contribution >= 0.6 is 0 Å². The van der Waals surface area contributed by atoms with E-state index in [1.165, 1.54) is 11.6 Å². The van der Waals surface area contributed by atoms with Crippen molar-refractivity contribution in [1.29, 1.82) is 0 Å². The van der Waals surface area contributed by atoms with Crippen LogP contribution in [0.1, 0.15) is 28.2 Å². The molecule has 2 heterocycles. The normalized spacial score (nSPS) is 14.0. The Balaban J connectivity index is 2.05. The van der Waals surface area contributed by atoms with Gasteiger partial charge < -0.3 is 5.11 Å². The summed E-state index contributed by atoms with van der Waals surface area (Å²) in [6, 6.07) is 1.51. The molecule has 0 saturated carbocycles. The number of aromatic amines is 2. The average Bonchev–Trinajstić information content (AvgIpc) is 2.92. The first-order valence-electron chi connectivity index (χ1n) is 5.11.